The molecule has 1 aliphatic carbocycles. The normalized spacial score (nSPS) is 18.9. The van der Waals surface area contributed by atoms with Crippen molar-refractivity contribution in [3.8, 4) is 23.0 Å². The highest BCUT2D eigenvalue weighted by Crippen LogP contribution is 2.50. The Morgan fingerprint density at radius 2 is 1.29 bits per heavy atom. The van der Waals surface area contributed by atoms with E-state index in [4.69, 9.17) is 9.47 Å². The molecule has 3 aromatic carbocycles. The topological polar surface area (TPSA) is 18.5 Å². The molecule has 0 saturated carbocycles. The van der Waals surface area contributed by atoms with Gasteiger partial charge >= 0.3 is 0 Å². The highest BCUT2D eigenvalue weighted by Gasteiger charge is 2.46. The average Bonchev–Trinajstić information content (AvgIpc) is 2.84. The van der Waals surface area contributed by atoms with E-state index < -0.39 is 0 Å². The lowest BCUT2D eigenvalue weighted by molar-refractivity contribution is 0.402. The molecule has 0 unspecified atom stereocenters. The molecule has 0 atom stereocenters. The number of hydrogen-bond donors (Lipinski definition) is 0. The van der Waals surface area contributed by atoms with E-state index in [9.17, 15) is 0 Å². The van der Waals surface area contributed by atoms with E-state index in [1.54, 1.807) is 0 Å². The molecule has 2 heterocycles. The van der Waals surface area contributed by atoms with Crippen molar-refractivity contribution >= 4 is 23.1 Å². The maximum absolute atomic E-state index is 6.45. The molecule has 138 valence electrons. The van der Waals surface area contributed by atoms with Crippen LogP contribution < -0.4 is 25.9 Å². The fourth-order valence-corrected chi connectivity index (χ4v) is 5.84. The predicted molar refractivity (Wildman–Crippen MR) is 115 cm³/mol. The minimum atomic E-state index is 0.157. The van der Waals surface area contributed by atoms with Gasteiger partial charge in [-0.05, 0) is 63.6 Å². The number of hydrogen-bond acceptors (Lipinski definition) is 2. The Morgan fingerprint density at radius 1 is 0.679 bits per heavy atom. The molecule has 0 amide bonds. The first kappa shape index (κ1) is 16.3. The second-order valence-corrected chi connectivity index (χ2v) is 9.72. The van der Waals surface area contributed by atoms with Gasteiger partial charge in [0, 0.05) is 5.46 Å². The van der Waals surface area contributed by atoms with Crippen molar-refractivity contribution in [3.63, 3.8) is 0 Å². The lowest BCUT2D eigenvalue weighted by Crippen LogP contribution is -2.57. The molecule has 6 rings (SSSR count). The van der Waals surface area contributed by atoms with Gasteiger partial charge < -0.3 is 9.47 Å². The van der Waals surface area contributed by atoms with E-state index in [0.29, 0.717) is 0 Å². The molecular weight excluding hydrogens is 343 g/mol. The van der Waals surface area contributed by atoms with Crippen LogP contribution in [0.3, 0.4) is 0 Å². The van der Waals surface area contributed by atoms with Crippen LogP contribution in [0.25, 0.3) is 0 Å². The Kier molecular flexibility index (Phi) is 2.92. The van der Waals surface area contributed by atoms with Crippen LogP contribution in [0, 0.1) is 0 Å². The Labute approximate surface area is 166 Å². The number of benzene rings is 3. The van der Waals surface area contributed by atoms with Crippen molar-refractivity contribution < 1.29 is 9.47 Å². The van der Waals surface area contributed by atoms with Crippen molar-refractivity contribution in [1.82, 2.24) is 0 Å². The average molecular weight is 366 g/mol. The van der Waals surface area contributed by atoms with Gasteiger partial charge in [-0.25, -0.2) is 0 Å². The zero-order valence-electron chi connectivity index (χ0n) is 16.8. The SMILES string of the molecule is CC1(C)CC(C)(C)c2cc3c(cc21)Oc1cccc2c1B3c1ccccc1O2. The standard InChI is InChI=1S/C25H23BO2/c1-24(2)14-25(3,4)16-13-22-18(12-15(16)24)26-17-8-5-6-9-19(17)27-20-10-7-11-21(28-22)23(20)26/h5-13H,14H2,1-4H3. The van der Waals surface area contributed by atoms with Crippen LogP contribution in [0.4, 0.5) is 0 Å². The maximum atomic E-state index is 6.45. The molecule has 0 saturated heterocycles. The molecule has 0 spiro atoms. The molecular formula is C25H23BO2. The number of fused-ring (bicyclic) bond motifs is 5. The van der Waals surface area contributed by atoms with Gasteiger partial charge in [-0.3, -0.25) is 0 Å². The highest BCUT2D eigenvalue weighted by molar-refractivity contribution is 6.98. The third kappa shape index (κ3) is 2.00. The van der Waals surface area contributed by atoms with Crippen LogP contribution in [0.2, 0.25) is 0 Å². The van der Waals surface area contributed by atoms with Crippen LogP contribution >= 0.6 is 0 Å². The van der Waals surface area contributed by atoms with E-state index >= 15 is 0 Å². The smallest absolute Gasteiger partial charge is 0.260 e. The Morgan fingerprint density at radius 3 is 2.04 bits per heavy atom. The van der Waals surface area contributed by atoms with Crippen LogP contribution in [-0.4, -0.2) is 6.71 Å². The van der Waals surface area contributed by atoms with E-state index in [1.807, 2.05) is 12.1 Å². The van der Waals surface area contributed by atoms with Crippen molar-refractivity contribution in [2.45, 2.75) is 44.9 Å². The largest absolute Gasteiger partial charge is 0.458 e. The zero-order chi connectivity index (χ0) is 19.3. The van der Waals surface area contributed by atoms with Gasteiger partial charge in [-0.2, -0.15) is 0 Å². The molecule has 3 aliphatic rings. The van der Waals surface area contributed by atoms with Crippen LogP contribution in [0.1, 0.15) is 45.2 Å². The third-order valence-electron chi connectivity index (χ3n) is 6.79. The Balaban J connectivity index is 1.67. The first-order valence-corrected chi connectivity index (χ1v) is 10.1. The number of ether oxygens (including phenoxy) is 2. The van der Waals surface area contributed by atoms with Gasteiger partial charge in [0.25, 0.3) is 6.71 Å². The molecule has 2 aliphatic heterocycles. The lowest BCUT2D eigenvalue weighted by atomic mass is 9.34. The lowest BCUT2D eigenvalue weighted by Gasteiger charge is -2.34. The summed E-state index contributed by atoms with van der Waals surface area (Å²) in [6.07, 6.45) is 1.15. The van der Waals surface area contributed by atoms with Gasteiger partial charge in [-0.15, -0.1) is 0 Å². The minimum Gasteiger partial charge on any atom is -0.458 e. The second-order valence-electron chi connectivity index (χ2n) is 9.72. The molecule has 2 nitrogen and oxygen atoms in total. The molecule has 3 heteroatoms. The summed E-state index contributed by atoms with van der Waals surface area (Å²) >= 11 is 0. The fourth-order valence-electron chi connectivity index (χ4n) is 5.84. The van der Waals surface area contributed by atoms with Crippen LogP contribution in [-0.2, 0) is 10.8 Å². The van der Waals surface area contributed by atoms with Crippen molar-refractivity contribution in [2.75, 3.05) is 0 Å². The van der Waals surface area contributed by atoms with Crippen molar-refractivity contribution in [1.29, 1.82) is 0 Å². The van der Waals surface area contributed by atoms with E-state index in [-0.39, 0.29) is 17.5 Å². The van der Waals surface area contributed by atoms with Gasteiger partial charge in [0.05, 0.1) is 0 Å². The summed E-state index contributed by atoms with van der Waals surface area (Å²) in [7, 11) is 0. The zero-order valence-corrected chi connectivity index (χ0v) is 16.8. The summed E-state index contributed by atoms with van der Waals surface area (Å²) in [5.74, 6) is 3.77. The van der Waals surface area contributed by atoms with Crippen molar-refractivity contribution in [2.24, 2.45) is 0 Å². The van der Waals surface area contributed by atoms with Crippen LogP contribution in [0.15, 0.2) is 54.6 Å². The Bertz CT molecular complexity index is 1160. The molecule has 0 N–H and O–H groups in total. The number of rotatable bonds is 0. The highest BCUT2D eigenvalue weighted by atomic mass is 16.5. The molecule has 0 radical (unpaired) electrons. The number of para-hydroxylation sites is 1. The summed E-state index contributed by atoms with van der Waals surface area (Å²) in [6.45, 7) is 9.60. The first-order valence-electron chi connectivity index (χ1n) is 10.1. The van der Waals surface area contributed by atoms with Gasteiger partial charge in [0.15, 0.2) is 0 Å². The molecule has 0 bridgehead atoms. The van der Waals surface area contributed by atoms with Crippen LogP contribution in [0.5, 0.6) is 23.0 Å². The van der Waals surface area contributed by atoms with Gasteiger partial charge in [0.2, 0.25) is 0 Å². The maximum Gasteiger partial charge on any atom is 0.260 e. The summed E-state index contributed by atoms with van der Waals surface area (Å²) in [6, 6.07) is 19.3. The van der Waals surface area contributed by atoms with Crippen molar-refractivity contribution in [3.05, 3.63) is 65.7 Å². The molecule has 3 aromatic rings. The summed E-state index contributed by atoms with van der Waals surface area (Å²) in [5, 5.41) is 0. The summed E-state index contributed by atoms with van der Waals surface area (Å²) < 4.78 is 12.7. The quantitative estimate of drug-likeness (QED) is 0.379. The van der Waals surface area contributed by atoms with Gasteiger partial charge in [0.1, 0.15) is 23.0 Å². The molecule has 28 heavy (non-hydrogen) atoms. The first-order chi connectivity index (χ1) is 13.4. The summed E-state index contributed by atoms with van der Waals surface area (Å²) in [4.78, 5) is 0. The second kappa shape index (κ2) is 5.02. The van der Waals surface area contributed by atoms with E-state index in [1.165, 1.54) is 22.1 Å². The Hall–Kier alpha value is -2.68. The fraction of sp³-hybridized carbons (Fsp3) is 0.280. The minimum absolute atomic E-state index is 0.157. The van der Waals surface area contributed by atoms with E-state index in [0.717, 1.165) is 34.9 Å². The molecule has 0 fully saturated rings. The summed E-state index contributed by atoms with van der Waals surface area (Å²) in [5.41, 5.74) is 6.86. The predicted octanol–water partition coefficient (Wildman–Crippen LogP) is 4.37. The molecule has 0 aromatic heterocycles. The van der Waals surface area contributed by atoms with E-state index in [2.05, 4.69) is 70.2 Å². The third-order valence-corrected chi connectivity index (χ3v) is 6.79. The monoisotopic (exact) mass is 366 g/mol. The van der Waals surface area contributed by atoms with Gasteiger partial charge in [-0.1, -0.05) is 58.0 Å².